The lowest BCUT2D eigenvalue weighted by Crippen LogP contribution is -2.34. The highest BCUT2D eigenvalue weighted by atomic mass is 16.5. The van der Waals surface area contributed by atoms with Crippen molar-refractivity contribution in [1.82, 2.24) is 10.6 Å². The van der Waals surface area contributed by atoms with Gasteiger partial charge in [0.2, 0.25) is 5.91 Å². The van der Waals surface area contributed by atoms with Crippen LogP contribution in [0.4, 0.5) is 0 Å². The maximum absolute atomic E-state index is 11.9. The molecule has 0 aliphatic heterocycles. The van der Waals surface area contributed by atoms with E-state index in [-0.39, 0.29) is 18.5 Å². The van der Waals surface area contributed by atoms with Crippen LogP contribution in [0.1, 0.15) is 24.1 Å². The number of amides is 1. The van der Waals surface area contributed by atoms with Gasteiger partial charge in [-0.25, -0.2) is 0 Å². The number of methoxy groups -OCH3 is 1. The molecule has 4 nitrogen and oxygen atoms in total. The number of rotatable bonds is 7. The molecule has 22 heavy (non-hydrogen) atoms. The number of nitrogens with one attached hydrogen (secondary N) is 2. The summed E-state index contributed by atoms with van der Waals surface area (Å²) in [6.07, 6.45) is 0. The van der Waals surface area contributed by atoms with Crippen LogP contribution in [0.3, 0.4) is 0 Å². The molecular formula is C18H22N2O2. The van der Waals surface area contributed by atoms with Crippen molar-refractivity contribution in [1.29, 1.82) is 0 Å². The van der Waals surface area contributed by atoms with Crippen molar-refractivity contribution in [2.24, 2.45) is 0 Å². The molecule has 0 aliphatic carbocycles. The lowest BCUT2D eigenvalue weighted by molar-refractivity contribution is -0.120. The first-order chi connectivity index (χ1) is 10.7. The molecule has 2 N–H and O–H groups in total. The number of hydrogen-bond acceptors (Lipinski definition) is 3. The fraction of sp³-hybridized carbons (Fsp3) is 0.278. The van der Waals surface area contributed by atoms with Gasteiger partial charge in [-0.05, 0) is 18.6 Å². The van der Waals surface area contributed by atoms with Gasteiger partial charge in [0.15, 0.2) is 0 Å². The Morgan fingerprint density at radius 1 is 1.09 bits per heavy atom. The van der Waals surface area contributed by atoms with Crippen LogP contribution >= 0.6 is 0 Å². The molecule has 0 bridgehead atoms. The molecule has 0 aromatic heterocycles. The first-order valence-electron chi connectivity index (χ1n) is 7.37. The van der Waals surface area contributed by atoms with E-state index in [0.717, 1.165) is 11.3 Å². The van der Waals surface area contributed by atoms with Gasteiger partial charge >= 0.3 is 0 Å². The maximum Gasteiger partial charge on any atom is 0.234 e. The van der Waals surface area contributed by atoms with Gasteiger partial charge in [0, 0.05) is 18.2 Å². The lowest BCUT2D eigenvalue weighted by Gasteiger charge is -2.14. The van der Waals surface area contributed by atoms with Crippen molar-refractivity contribution in [2.75, 3.05) is 13.7 Å². The van der Waals surface area contributed by atoms with Crippen molar-refractivity contribution >= 4 is 5.91 Å². The minimum Gasteiger partial charge on any atom is -0.496 e. The molecule has 1 unspecified atom stereocenters. The van der Waals surface area contributed by atoms with Crippen LogP contribution in [-0.2, 0) is 11.3 Å². The Bertz CT molecular complexity index is 599. The number of ether oxygens (including phenoxy) is 1. The first-order valence-corrected chi connectivity index (χ1v) is 7.37. The Morgan fingerprint density at radius 2 is 1.77 bits per heavy atom. The van der Waals surface area contributed by atoms with Crippen molar-refractivity contribution < 1.29 is 9.53 Å². The second-order valence-corrected chi connectivity index (χ2v) is 5.10. The van der Waals surface area contributed by atoms with E-state index in [9.17, 15) is 4.79 Å². The third kappa shape index (κ3) is 4.60. The van der Waals surface area contributed by atoms with Crippen LogP contribution in [-0.4, -0.2) is 19.6 Å². The Hall–Kier alpha value is -2.33. The molecule has 2 rings (SSSR count). The molecule has 0 aliphatic rings. The average molecular weight is 298 g/mol. The second-order valence-electron chi connectivity index (χ2n) is 5.10. The minimum atomic E-state index is -0.0336. The second kappa shape index (κ2) is 8.20. The van der Waals surface area contributed by atoms with Gasteiger partial charge in [-0.3, -0.25) is 4.79 Å². The summed E-state index contributed by atoms with van der Waals surface area (Å²) in [5.74, 6) is 0.752. The molecule has 0 saturated carbocycles. The van der Waals surface area contributed by atoms with E-state index in [1.807, 2.05) is 61.5 Å². The normalized spacial score (nSPS) is 11.7. The van der Waals surface area contributed by atoms with E-state index in [0.29, 0.717) is 6.54 Å². The van der Waals surface area contributed by atoms with Gasteiger partial charge in [0.25, 0.3) is 0 Å². The highest BCUT2D eigenvalue weighted by molar-refractivity contribution is 5.78. The summed E-state index contributed by atoms with van der Waals surface area (Å²) in [7, 11) is 1.63. The van der Waals surface area contributed by atoms with Crippen LogP contribution in [0.25, 0.3) is 0 Å². The van der Waals surface area contributed by atoms with Gasteiger partial charge in [-0.1, -0.05) is 48.5 Å². The molecule has 0 fully saturated rings. The van der Waals surface area contributed by atoms with Crippen molar-refractivity contribution in [3.63, 3.8) is 0 Å². The number of carbonyl (C=O) groups is 1. The summed E-state index contributed by atoms with van der Waals surface area (Å²) in [4.78, 5) is 11.9. The Morgan fingerprint density at radius 3 is 2.50 bits per heavy atom. The summed E-state index contributed by atoms with van der Waals surface area (Å²) in [5, 5.41) is 6.12. The van der Waals surface area contributed by atoms with Gasteiger partial charge < -0.3 is 15.4 Å². The van der Waals surface area contributed by atoms with E-state index < -0.39 is 0 Å². The SMILES string of the molecule is COc1ccccc1CNC(=O)CNC(C)c1ccccc1. The molecule has 2 aromatic carbocycles. The van der Waals surface area contributed by atoms with Crippen molar-refractivity contribution in [3.05, 3.63) is 65.7 Å². The number of para-hydroxylation sites is 1. The largest absolute Gasteiger partial charge is 0.496 e. The Balaban J connectivity index is 1.79. The van der Waals surface area contributed by atoms with E-state index in [2.05, 4.69) is 10.6 Å². The van der Waals surface area contributed by atoms with Crippen LogP contribution in [0.2, 0.25) is 0 Å². The van der Waals surface area contributed by atoms with Gasteiger partial charge in [-0.2, -0.15) is 0 Å². The monoisotopic (exact) mass is 298 g/mol. The van der Waals surface area contributed by atoms with E-state index >= 15 is 0 Å². The molecule has 0 spiro atoms. The number of carbonyl (C=O) groups excluding carboxylic acids is 1. The maximum atomic E-state index is 11.9. The third-order valence-corrected chi connectivity index (χ3v) is 3.54. The van der Waals surface area contributed by atoms with Crippen molar-refractivity contribution in [3.8, 4) is 5.75 Å². The molecule has 116 valence electrons. The highest BCUT2D eigenvalue weighted by Crippen LogP contribution is 2.16. The molecule has 4 heteroatoms. The quantitative estimate of drug-likeness (QED) is 0.826. The third-order valence-electron chi connectivity index (χ3n) is 3.54. The Kier molecular flexibility index (Phi) is 5.98. The van der Waals surface area contributed by atoms with Gasteiger partial charge in [0.05, 0.1) is 13.7 Å². The highest BCUT2D eigenvalue weighted by Gasteiger charge is 2.08. The van der Waals surface area contributed by atoms with Crippen LogP contribution in [0.15, 0.2) is 54.6 Å². The molecule has 0 radical (unpaired) electrons. The first kappa shape index (κ1) is 16.0. The van der Waals surface area contributed by atoms with Gasteiger partial charge in [-0.15, -0.1) is 0 Å². The molecular weight excluding hydrogens is 276 g/mol. The lowest BCUT2D eigenvalue weighted by atomic mass is 10.1. The van der Waals surface area contributed by atoms with E-state index in [1.165, 1.54) is 5.56 Å². The smallest absolute Gasteiger partial charge is 0.234 e. The predicted molar refractivity (Wildman–Crippen MR) is 87.7 cm³/mol. The number of hydrogen-bond donors (Lipinski definition) is 2. The Labute approximate surface area is 131 Å². The topological polar surface area (TPSA) is 50.4 Å². The summed E-state index contributed by atoms with van der Waals surface area (Å²) >= 11 is 0. The van der Waals surface area contributed by atoms with Crippen molar-refractivity contribution in [2.45, 2.75) is 19.5 Å². The van der Waals surface area contributed by atoms with Crippen LogP contribution in [0.5, 0.6) is 5.75 Å². The van der Waals surface area contributed by atoms with E-state index in [1.54, 1.807) is 7.11 Å². The molecule has 2 aromatic rings. The van der Waals surface area contributed by atoms with Crippen LogP contribution in [0, 0.1) is 0 Å². The fourth-order valence-corrected chi connectivity index (χ4v) is 2.21. The summed E-state index contributed by atoms with van der Waals surface area (Å²) in [5.41, 5.74) is 2.13. The molecule has 1 amide bonds. The zero-order chi connectivity index (χ0) is 15.8. The fourth-order valence-electron chi connectivity index (χ4n) is 2.21. The average Bonchev–Trinajstić information content (AvgIpc) is 2.58. The molecule has 1 atom stereocenters. The standard InChI is InChI=1S/C18H22N2O2/c1-14(15-8-4-3-5-9-15)19-13-18(21)20-12-16-10-6-7-11-17(16)22-2/h3-11,14,19H,12-13H2,1-2H3,(H,20,21). The predicted octanol–water partition coefficient (Wildman–Crippen LogP) is 2.66. The summed E-state index contributed by atoms with van der Waals surface area (Å²) < 4.78 is 5.27. The number of benzene rings is 2. The summed E-state index contributed by atoms with van der Waals surface area (Å²) in [6, 6.07) is 17.9. The minimum absolute atomic E-state index is 0.0336. The summed E-state index contributed by atoms with van der Waals surface area (Å²) in [6.45, 7) is 2.79. The zero-order valence-corrected chi connectivity index (χ0v) is 13.0. The van der Waals surface area contributed by atoms with Crippen LogP contribution < -0.4 is 15.4 Å². The molecule has 0 saturated heterocycles. The van der Waals surface area contributed by atoms with Gasteiger partial charge in [0.1, 0.15) is 5.75 Å². The zero-order valence-electron chi connectivity index (χ0n) is 13.0. The van der Waals surface area contributed by atoms with E-state index in [4.69, 9.17) is 4.74 Å². The molecule has 0 heterocycles.